The average Bonchev–Trinajstić information content (AvgIpc) is 3.29. The molecule has 1 aliphatic rings. The summed E-state index contributed by atoms with van der Waals surface area (Å²) in [6.45, 7) is 4.12. The zero-order chi connectivity index (χ0) is 43.3. The van der Waals surface area contributed by atoms with Gasteiger partial charge in [-0.3, -0.25) is 19.7 Å². The first-order valence-electron chi connectivity index (χ1n) is 21.3. The molecule has 6 aromatic rings. The molecule has 1 aliphatic heterocycles. The SMILES string of the molecule is CN(C(=O)CCN1CCC(OC(=O)Nc2ccccc2-c2ccccc2)CC1)c1ccc(C(=O)NCCc2cccc(CCNCCc3ccc(O)c4[nH]c(=O)ccc34)c2)cc1. The van der Waals surface area contributed by atoms with Crippen molar-refractivity contribution in [3.63, 3.8) is 0 Å². The van der Waals surface area contributed by atoms with Gasteiger partial charge in [-0.1, -0.05) is 78.9 Å². The van der Waals surface area contributed by atoms with Crippen LogP contribution in [0.1, 0.15) is 46.3 Å². The lowest BCUT2D eigenvalue weighted by molar-refractivity contribution is -0.118. The fraction of sp³-hybridized carbons (Fsp3) is 0.280. The number of benzene rings is 5. The number of amides is 3. The summed E-state index contributed by atoms with van der Waals surface area (Å²) in [6, 6.07) is 39.8. The molecule has 0 unspecified atom stereocenters. The highest BCUT2D eigenvalue weighted by atomic mass is 16.6. The minimum absolute atomic E-state index is 0.0163. The number of aromatic nitrogens is 1. The number of rotatable bonds is 17. The summed E-state index contributed by atoms with van der Waals surface area (Å²) >= 11 is 0. The van der Waals surface area contributed by atoms with E-state index in [9.17, 15) is 24.3 Å². The molecule has 0 atom stereocenters. The molecule has 62 heavy (non-hydrogen) atoms. The number of nitrogens with one attached hydrogen (secondary N) is 4. The van der Waals surface area contributed by atoms with Gasteiger partial charge in [0.05, 0.1) is 11.2 Å². The summed E-state index contributed by atoms with van der Waals surface area (Å²) < 4.78 is 5.78. The maximum Gasteiger partial charge on any atom is 0.411 e. The van der Waals surface area contributed by atoms with Crippen LogP contribution in [0.3, 0.4) is 0 Å². The fourth-order valence-electron chi connectivity index (χ4n) is 7.86. The number of carbonyl (C=O) groups excluding carboxylic acids is 3. The second kappa shape index (κ2) is 21.2. The van der Waals surface area contributed by atoms with E-state index in [0.717, 1.165) is 72.3 Å². The van der Waals surface area contributed by atoms with Gasteiger partial charge in [-0.25, -0.2) is 4.79 Å². The minimum atomic E-state index is -0.466. The van der Waals surface area contributed by atoms with Crippen LogP contribution in [0.2, 0.25) is 0 Å². The average molecular weight is 835 g/mol. The molecule has 2 heterocycles. The van der Waals surface area contributed by atoms with Crippen LogP contribution in [0, 0.1) is 0 Å². The van der Waals surface area contributed by atoms with Crippen molar-refractivity contribution in [1.82, 2.24) is 20.5 Å². The first-order chi connectivity index (χ1) is 30.2. The molecule has 0 radical (unpaired) electrons. The van der Waals surface area contributed by atoms with Gasteiger partial charge >= 0.3 is 6.09 Å². The minimum Gasteiger partial charge on any atom is -0.506 e. The Labute approximate surface area is 361 Å². The molecule has 3 amide bonds. The number of pyridine rings is 1. The van der Waals surface area contributed by atoms with Gasteiger partial charge in [0.25, 0.3) is 5.91 Å². The number of hydrogen-bond acceptors (Lipinski definition) is 8. The van der Waals surface area contributed by atoms with Crippen LogP contribution in [0.15, 0.2) is 132 Å². The Morgan fingerprint density at radius 1 is 0.790 bits per heavy atom. The molecule has 320 valence electrons. The lowest BCUT2D eigenvalue weighted by Crippen LogP contribution is -2.40. The molecule has 12 heteroatoms. The standard InChI is InChI=1S/C50H54N6O6/c1-55(47(59)27-33-56-31-25-41(26-32-56)62-50(61)53-44-13-6-5-12-42(44)37-10-3-2-4-11-37)40-17-14-39(15-18-40)49(60)52-30-23-36-9-7-8-35(34-36)22-28-51-29-24-38-16-20-45(57)48-43(38)19-21-46(58)54-48/h2-21,34,41,51,57H,22-33H2,1H3,(H,52,60)(H,53,61)(H,54,58). The Hall–Kier alpha value is -6.76. The van der Waals surface area contributed by atoms with E-state index >= 15 is 0 Å². The second-order valence-corrected chi connectivity index (χ2v) is 15.7. The van der Waals surface area contributed by atoms with E-state index in [1.54, 1.807) is 48.3 Å². The summed E-state index contributed by atoms with van der Waals surface area (Å²) in [6.07, 6.45) is 3.40. The highest BCUT2D eigenvalue weighted by Gasteiger charge is 2.24. The van der Waals surface area contributed by atoms with E-state index in [2.05, 4.69) is 44.0 Å². The lowest BCUT2D eigenvalue weighted by Gasteiger charge is -2.31. The van der Waals surface area contributed by atoms with Crippen LogP contribution >= 0.6 is 0 Å². The Morgan fingerprint density at radius 2 is 1.50 bits per heavy atom. The van der Waals surface area contributed by atoms with Crippen molar-refractivity contribution in [2.45, 2.75) is 44.6 Å². The lowest BCUT2D eigenvalue weighted by atomic mass is 10.0. The van der Waals surface area contributed by atoms with Gasteiger partial charge in [-0.05, 0) is 110 Å². The maximum absolute atomic E-state index is 13.1. The zero-order valence-corrected chi connectivity index (χ0v) is 35.1. The second-order valence-electron chi connectivity index (χ2n) is 15.7. The number of likely N-dealkylation sites (tertiary alicyclic amines) is 1. The summed E-state index contributed by atoms with van der Waals surface area (Å²) in [5.41, 5.74) is 7.53. The number of aromatic hydroxyl groups is 1. The predicted molar refractivity (Wildman–Crippen MR) is 245 cm³/mol. The van der Waals surface area contributed by atoms with Crippen LogP contribution in [0.4, 0.5) is 16.2 Å². The van der Waals surface area contributed by atoms with Crippen LogP contribution in [-0.2, 0) is 28.8 Å². The quantitative estimate of drug-likeness (QED) is 0.0600. The van der Waals surface area contributed by atoms with Gasteiger partial charge in [-0.15, -0.1) is 0 Å². The summed E-state index contributed by atoms with van der Waals surface area (Å²) in [4.78, 5) is 57.2. The van der Waals surface area contributed by atoms with E-state index in [-0.39, 0.29) is 29.2 Å². The van der Waals surface area contributed by atoms with Crippen LogP contribution in [-0.4, -0.2) is 85.3 Å². The number of H-pyrrole nitrogens is 1. The Kier molecular flexibility index (Phi) is 14.8. The molecule has 1 fully saturated rings. The normalized spacial score (nSPS) is 13.1. The fourth-order valence-corrected chi connectivity index (χ4v) is 7.86. The smallest absolute Gasteiger partial charge is 0.411 e. The first-order valence-corrected chi connectivity index (χ1v) is 21.3. The van der Waals surface area contributed by atoms with Gasteiger partial charge in [0, 0.05) is 67.9 Å². The summed E-state index contributed by atoms with van der Waals surface area (Å²) in [7, 11) is 1.75. The van der Waals surface area contributed by atoms with Crippen LogP contribution < -0.4 is 26.4 Å². The highest BCUT2D eigenvalue weighted by molar-refractivity contribution is 5.96. The zero-order valence-electron chi connectivity index (χ0n) is 35.1. The number of ether oxygens (including phenoxy) is 1. The van der Waals surface area contributed by atoms with Crippen molar-refractivity contribution in [1.29, 1.82) is 0 Å². The number of carbonyl (C=O) groups is 3. The van der Waals surface area contributed by atoms with Crippen molar-refractivity contribution in [2.24, 2.45) is 0 Å². The number of hydrogen-bond donors (Lipinski definition) is 5. The molecular formula is C50H54N6O6. The molecule has 7 rings (SSSR count). The van der Waals surface area contributed by atoms with Gasteiger partial charge < -0.3 is 35.3 Å². The molecule has 12 nitrogen and oxygen atoms in total. The van der Waals surface area contributed by atoms with Crippen molar-refractivity contribution in [2.75, 3.05) is 56.5 Å². The molecule has 5 aromatic carbocycles. The Bertz CT molecular complexity index is 2520. The van der Waals surface area contributed by atoms with E-state index in [1.807, 2.05) is 66.7 Å². The topological polar surface area (TPSA) is 156 Å². The van der Waals surface area contributed by atoms with Gasteiger partial charge in [0.15, 0.2) is 0 Å². The molecule has 1 saturated heterocycles. The van der Waals surface area contributed by atoms with Crippen LogP contribution in [0.25, 0.3) is 22.0 Å². The van der Waals surface area contributed by atoms with E-state index in [0.29, 0.717) is 55.5 Å². The molecule has 1 aromatic heterocycles. The third kappa shape index (κ3) is 11.7. The molecule has 0 saturated carbocycles. The molecule has 0 spiro atoms. The number of para-hydroxylation sites is 1. The summed E-state index contributed by atoms with van der Waals surface area (Å²) in [5.74, 6) is -0.116. The molecule has 0 aliphatic carbocycles. The maximum atomic E-state index is 13.1. The number of anilines is 2. The predicted octanol–water partition coefficient (Wildman–Crippen LogP) is 7.31. The Morgan fingerprint density at radius 3 is 2.27 bits per heavy atom. The number of aromatic amines is 1. The third-order valence-corrected chi connectivity index (χ3v) is 11.4. The van der Waals surface area contributed by atoms with E-state index in [4.69, 9.17) is 4.74 Å². The van der Waals surface area contributed by atoms with Crippen LogP contribution in [0.5, 0.6) is 5.75 Å². The highest BCUT2D eigenvalue weighted by Crippen LogP contribution is 2.28. The number of piperidine rings is 1. The number of nitrogens with zero attached hydrogens (tertiary/aromatic N) is 2. The van der Waals surface area contributed by atoms with Gasteiger partial charge in [-0.2, -0.15) is 0 Å². The first kappa shape index (κ1) is 43.3. The molecule has 0 bridgehead atoms. The van der Waals surface area contributed by atoms with Gasteiger partial charge in [0.2, 0.25) is 11.5 Å². The number of fused-ring (bicyclic) bond motifs is 1. The molecule has 5 N–H and O–H groups in total. The third-order valence-electron chi connectivity index (χ3n) is 11.4. The van der Waals surface area contributed by atoms with Crippen molar-refractivity contribution in [3.05, 3.63) is 160 Å². The van der Waals surface area contributed by atoms with Crippen molar-refractivity contribution >= 4 is 40.2 Å². The van der Waals surface area contributed by atoms with Gasteiger partial charge in [0.1, 0.15) is 11.9 Å². The summed E-state index contributed by atoms with van der Waals surface area (Å²) in [5, 5.41) is 20.4. The Balaban J connectivity index is 0.774. The molecular weight excluding hydrogens is 781 g/mol. The monoisotopic (exact) mass is 834 g/mol. The number of phenols is 1. The van der Waals surface area contributed by atoms with Crippen molar-refractivity contribution in [3.8, 4) is 16.9 Å². The van der Waals surface area contributed by atoms with E-state index in [1.165, 1.54) is 11.6 Å². The van der Waals surface area contributed by atoms with Crippen molar-refractivity contribution < 1.29 is 24.2 Å². The largest absolute Gasteiger partial charge is 0.506 e. The van der Waals surface area contributed by atoms with E-state index < -0.39 is 6.09 Å². The number of phenolic OH excluding ortho intramolecular Hbond substituents is 1.